The second-order valence-electron chi connectivity index (χ2n) is 5.25. The van der Waals surface area contributed by atoms with Gasteiger partial charge in [-0.2, -0.15) is 0 Å². The van der Waals surface area contributed by atoms with Gasteiger partial charge in [-0.25, -0.2) is 4.39 Å². The number of hydrogen-bond donors (Lipinski definition) is 1. The molecule has 0 aliphatic heterocycles. The minimum Gasteiger partial charge on any atom is -0.454 e. The summed E-state index contributed by atoms with van der Waals surface area (Å²) in [4.78, 5) is 0. The van der Waals surface area contributed by atoms with Crippen LogP contribution in [0.5, 0.6) is 11.5 Å². The average Bonchev–Trinajstić information content (AvgIpc) is 2.88. The zero-order valence-electron chi connectivity index (χ0n) is 11.4. The summed E-state index contributed by atoms with van der Waals surface area (Å²) in [5.74, 6) is 0.394. The summed E-state index contributed by atoms with van der Waals surface area (Å²) in [6, 6.07) is 10.5. The van der Waals surface area contributed by atoms with Crippen molar-refractivity contribution in [3.05, 3.63) is 58.9 Å². The first kappa shape index (κ1) is 13.1. The Balaban J connectivity index is 1.84. The highest BCUT2D eigenvalue weighted by Crippen LogP contribution is 2.31. The number of aryl methyl sites for hydroxylation is 2. The Morgan fingerprint density at radius 3 is 2.65 bits per heavy atom. The van der Waals surface area contributed by atoms with Gasteiger partial charge in [0.1, 0.15) is 5.75 Å². The predicted octanol–water partition coefficient (Wildman–Crippen LogP) is 4.16. The first-order valence-corrected chi connectivity index (χ1v) is 6.90. The third-order valence-electron chi connectivity index (χ3n) is 3.74. The Morgan fingerprint density at radius 2 is 1.90 bits per heavy atom. The van der Waals surface area contributed by atoms with E-state index in [0.717, 1.165) is 12.8 Å². The first-order valence-electron chi connectivity index (χ1n) is 6.90. The average molecular weight is 272 g/mol. The van der Waals surface area contributed by atoms with Crippen LogP contribution >= 0.6 is 0 Å². The van der Waals surface area contributed by atoms with E-state index in [0.29, 0.717) is 11.3 Å². The number of rotatable bonds is 3. The summed E-state index contributed by atoms with van der Waals surface area (Å²) in [6.07, 6.45) is 2.68. The monoisotopic (exact) mass is 272 g/mol. The molecular weight excluding hydrogens is 255 g/mol. The molecule has 0 bridgehead atoms. The summed E-state index contributed by atoms with van der Waals surface area (Å²) in [6.45, 7) is 1.61. The van der Waals surface area contributed by atoms with Crippen molar-refractivity contribution in [1.82, 2.24) is 0 Å². The molecule has 0 saturated carbocycles. The van der Waals surface area contributed by atoms with E-state index >= 15 is 0 Å². The van der Waals surface area contributed by atoms with Crippen molar-refractivity contribution in [3.8, 4) is 11.5 Å². The van der Waals surface area contributed by atoms with E-state index in [-0.39, 0.29) is 5.75 Å². The van der Waals surface area contributed by atoms with Gasteiger partial charge >= 0.3 is 0 Å². The molecule has 2 aromatic rings. The van der Waals surface area contributed by atoms with Gasteiger partial charge in [0.25, 0.3) is 0 Å². The SMILES string of the molecule is C[C@@H](O)c1ccc(Oc2ccc3c(c2)CCC3)c(F)c1. The lowest BCUT2D eigenvalue weighted by Crippen LogP contribution is -1.95. The summed E-state index contributed by atoms with van der Waals surface area (Å²) >= 11 is 0. The number of hydrogen-bond acceptors (Lipinski definition) is 2. The standard InChI is InChI=1S/C17H17FO2/c1-11(19)13-6-8-17(16(18)10-13)20-15-7-5-12-3-2-4-14(12)9-15/h5-11,19H,2-4H2,1H3/t11-/m1/s1. The van der Waals surface area contributed by atoms with E-state index in [9.17, 15) is 9.50 Å². The van der Waals surface area contributed by atoms with Crippen LogP contribution in [-0.4, -0.2) is 5.11 Å². The van der Waals surface area contributed by atoms with Crippen molar-refractivity contribution in [1.29, 1.82) is 0 Å². The van der Waals surface area contributed by atoms with Gasteiger partial charge in [-0.15, -0.1) is 0 Å². The van der Waals surface area contributed by atoms with E-state index in [2.05, 4.69) is 6.07 Å². The second kappa shape index (κ2) is 5.25. The van der Waals surface area contributed by atoms with Crippen molar-refractivity contribution in [2.75, 3.05) is 0 Å². The highest BCUT2D eigenvalue weighted by atomic mass is 19.1. The van der Waals surface area contributed by atoms with Crippen LogP contribution < -0.4 is 4.74 Å². The molecule has 0 amide bonds. The van der Waals surface area contributed by atoms with E-state index in [1.807, 2.05) is 12.1 Å². The van der Waals surface area contributed by atoms with E-state index < -0.39 is 11.9 Å². The minimum atomic E-state index is -0.682. The number of benzene rings is 2. The first-order chi connectivity index (χ1) is 9.63. The lowest BCUT2D eigenvalue weighted by atomic mass is 10.1. The number of aliphatic hydroxyl groups is 1. The number of aliphatic hydroxyl groups excluding tert-OH is 1. The van der Waals surface area contributed by atoms with Crippen LogP contribution in [0, 0.1) is 5.82 Å². The highest BCUT2D eigenvalue weighted by Gasteiger charge is 2.13. The molecule has 1 aliphatic carbocycles. The zero-order valence-corrected chi connectivity index (χ0v) is 11.4. The molecule has 2 nitrogen and oxygen atoms in total. The van der Waals surface area contributed by atoms with Crippen molar-refractivity contribution in [3.63, 3.8) is 0 Å². The van der Waals surface area contributed by atoms with Crippen molar-refractivity contribution in [2.45, 2.75) is 32.3 Å². The third kappa shape index (κ3) is 2.54. The van der Waals surface area contributed by atoms with Gasteiger partial charge in [0.15, 0.2) is 11.6 Å². The maximum absolute atomic E-state index is 13.9. The molecule has 0 aromatic heterocycles. The molecule has 1 aliphatic rings. The number of fused-ring (bicyclic) bond motifs is 1. The molecule has 20 heavy (non-hydrogen) atoms. The maximum atomic E-state index is 13.9. The van der Waals surface area contributed by atoms with Gasteiger partial charge < -0.3 is 9.84 Å². The lowest BCUT2D eigenvalue weighted by molar-refractivity contribution is 0.198. The Labute approximate surface area is 117 Å². The van der Waals surface area contributed by atoms with Crippen LogP contribution in [-0.2, 0) is 12.8 Å². The Kier molecular flexibility index (Phi) is 3.45. The van der Waals surface area contributed by atoms with Crippen LogP contribution in [0.3, 0.4) is 0 Å². The molecule has 3 heteroatoms. The third-order valence-corrected chi connectivity index (χ3v) is 3.74. The molecule has 2 aromatic carbocycles. The lowest BCUT2D eigenvalue weighted by Gasteiger charge is -2.10. The van der Waals surface area contributed by atoms with Gasteiger partial charge in [-0.1, -0.05) is 12.1 Å². The van der Waals surface area contributed by atoms with Crippen molar-refractivity contribution < 1.29 is 14.2 Å². The van der Waals surface area contributed by atoms with Crippen LogP contribution in [0.25, 0.3) is 0 Å². The summed E-state index contributed by atoms with van der Waals surface area (Å²) in [5.41, 5.74) is 3.20. The quantitative estimate of drug-likeness (QED) is 0.909. The molecule has 0 radical (unpaired) electrons. The van der Waals surface area contributed by atoms with Gasteiger partial charge in [-0.05, 0) is 67.1 Å². The van der Waals surface area contributed by atoms with Crippen molar-refractivity contribution >= 4 is 0 Å². The molecule has 0 saturated heterocycles. The molecule has 0 spiro atoms. The Bertz CT molecular complexity index is 635. The van der Waals surface area contributed by atoms with Crippen LogP contribution in [0.2, 0.25) is 0 Å². The number of halogens is 1. The molecular formula is C17H17FO2. The zero-order chi connectivity index (χ0) is 14.1. The topological polar surface area (TPSA) is 29.5 Å². The fourth-order valence-electron chi connectivity index (χ4n) is 2.60. The molecule has 104 valence electrons. The fraction of sp³-hybridized carbons (Fsp3) is 0.294. The molecule has 1 N–H and O–H groups in total. The highest BCUT2D eigenvalue weighted by molar-refractivity contribution is 5.41. The van der Waals surface area contributed by atoms with Crippen molar-refractivity contribution in [2.24, 2.45) is 0 Å². The maximum Gasteiger partial charge on any atom is 0.166 e. The Hall–Kier alpha value is -1.87. The van der Waals surface area contributed by atoms with E-state index in [1.165, 1.54) is 23.6 Å². The predicted molar refractivity (Wildman–Crippen MR) is 75.6 cm³/mol. The molecule has 3 rings (SSSR count). The summed E-state index contributed by atoms with van der Waals surface area (Å²) in [7, 11) is 0. The van der Waals surface area contributed by atoms with Crippen LogP contribution in [0.1, 0.15) is 36.1 Å². The molecule has 0 unspecified atom stereocenters. The van der Waals surface area contributed by atoms with Crippen LogP contribution in [0.15, 0.2) is 36.4 Å². The van der Waals surface area contributed by atoms with Gasteiger partial charge in [0.2, 0.25) is 0 Å². The smallest absolute Gasteiger partial charge is 0.166 e. The largest absolute Gasteiger partial charge is 0.454 e. The normalized spacial score (nSPS) is 14.9. The number of ether oxygens (including phenoxy) is 1. The van der Waals surface area contributed by atoms with Crippen LogP contribution in [0.4, 0.5) is 4.39 Å². The minimum absolute atomic E-state index is 0.187. The van der Waals surface area contributed by atoms with Gasteiger partial charge in [-0.3, -0.25) is 0 Å². The fourth-order valence-corrected chi connectivity index (χ4v) is 2.60. The molecule has 0 heterocycles. The summed E-state index contributed by atoms with van der Waals surface area (Å²) in [5, 5.41) is 9.43. The summed E-state index contributed by atoms with van der Waals surface area (Å²) < 4.78 is 19.5. The van der Waals surface area contributed by atoms with E-state index in [4.69, 9.17) is 4.74 Å². The van der Waals surface area contributed by atoms with Gasteiger partial charge in [0, 0.05) is 0 Å². The Morgan fingerprint density at radius 1 is 1.10 bits per heavy atom. The second-order valence-corrected chi connectivity index (χ2v) is 5.25. The molecule has 1 atom stereocenters. The van der Waals surface area contributed by atoms with Gasteiger partial charge in [0.05, 0.1) is 6.10 Å². The van der Waals surface area contributed by atoms with E-state index in [1.54, 1.807) is 19.1 Å². The molecule has 0 fully saturated rings.